The molecule has 10 nitrogen and oxygen atoms in total. The van der Waals surface area contributed by atoms with Gasteiger partial charge in [0.05, 0.1) is 13.2 Å². The van der Waals surface area contributed by atoms with Crippen molar-refractivity contribution in [1.82, 2.24) is 15.1 Å². The first-order chi connectivity index (χ1) is 12.4. The minimum Gasteiger partial charge on any atom is -0.387 e. The topological polar surface area (TPSA) is 143 Å². The van der Waals surface area contributed by atoms with Crippen LogP contribution in [0.25, 0.3) is 0 Å². The fraction of sp³-hybridized carbons (Fsp3) is 0.867. The fourth-order valence-corrected chi connectivity index (χ4v) is 4.87. The number of nitrogens with zero attached hydrogens (tertiary/aromatic N) is 2. The molecule has 0 radical (unpaired) electrons. The lowest BCUT2D eigenvalue weighted by atomic mass is 10.1. The summed E-state index contributed by atoms with van der Waals surface area (Å²) in [6, 6.07) is -0.871. The predicted octanol–water partition coefficient (Wildman–Crippen LogP) is -3.84. The number of ether oxygens (including phenoxy) is 1. The Hall–Kier alpha value is -0.950. The molecule has 0 bridgehead atoms. The van der Waals surface area contributed by atoms with Crippen molar-refractivity contribution in [1.29, 1.82) is 0 Å². The van der Waals surface area contributed by atoms with Crippen molar-refractivity contribution < 1.29 is 34.8 Å². The fourth-order valence-electron chi connectivity index (χ4n) is 3.41. The van der Waals surface area contributed by atoms with Crippen LogP contribution in [0.5, 0.6) is 0 Å². The lowest BCUT2D eigenvalue weighted by molar-refractivity contribution is -0.151. The van der Waals surface area contributed by atoms with Crippen LogP contribution in [0.2, 0.25) is 0 Å². The summed E-state index contributed by atoms with van der Waals surface area (Å²) in [7, 11) is 0. The third-order valence-corrected chi connectivity index (χ3v) is 6.35. The average Bonchev–Trinajstić information content (AvgIpc) is 3.08. The van der Waals surface area contributed by atoms with Gasteiger partial charge in [-0.2, -0.15) is 0 Å². The van der Waals surface area contributed by atoms with Crippen molar-refractivity contribution in [2.45, 2.75) is 35.8 Å². The number of thioether (sulfide) groups is 1. The summed E-state index contributed by atoms with van der Waals surface area (Å²) in [6.07, 6.45) is -6.80. The van der Waals surface area contributed by atoms with Gasteiger partial charge < -0.3 is 35.4 Å². The van der Waals surface area contributed by atoms with E-state index in [-0.39, 0.29) is 11.7 Å². The summed E-state index contributed by atoms with van der Waals surface area (Å²) in [5.41, 5.74) is 0. The van der Waals surface area contributed by atoms with E-state index in [9.17, 15) is 30.0 Å². The third-order valence-electron chi connectivity index (χ3n) is 4.99. The minimum atomic E-state index is -1.88. The number of carbonyl (C=O) groups is 2. The molecule has 0 unspecified atom stereocenters. The van der Waals surface area contributed by atoms with Crippen LogP contribution < -0.4 is 5.32 Å². The molecule has 0 aromatic rings. The lowest BCUT2D eigenvalue weighted by Gasteiger charge is -2.30. The molecular weight excluding hydrogens is 366 g/mol. The van der Waals surface area contributed by atoms with E-state index in [0.717, 1.165) is 29.8 Å². The van der Waals surface area contributed by atoms with E-state index in [1.54, 1.807) is 0 Å². The Morgan fingerprint density at radius 3 is 2.54 bits per heavy atom. The second-order valence-electron chi connectivity index (χ2n) is 6.65. The van der Waals surface area contributed by atoms with Crippen LogP contribution in [0.3, 0.4) is 0 Å². The number of morpholine rings is 1. The van der Waals surface area contributed by atoms with Gasteiger partial charge in [-0.25, -0.2) is 0 Å². The molecule has 2 amide bonds. The predicted molar refractivity (Wildman–Crippen MR) is 91.2 cm³/mol. The van der Waals surface area contributed by atoms with Gasteiger partial charge in [0, 0.05) is 31.9 Å². The standard InChI is InChI=1S/C15H25N3O7S/c19-9-10(20)12(22)15-18(14(24)11(9)21)8(7-26-15)13(23)16-1-2-17-3-5-25-6-4-17/h8-12,15,19-22H,1-7H2,(H,16,23)/t8-,9-,10-,11-,12+,15+/m0/s1. The molecule has 26 heavy (non-hydrogen) atoms. The van der Waals surface area contributed by atoms with Gasteiger partial charge in [0.15, 0.2) is 6.10 Å². The minimum absolute atomic E-state index is 0.242. The third kappa shape index (κ3) is 3.84. The highest BCUT2D eigenvalue weighted by molar-refractivity contribution is 8.00. The molecule has 0 aliphatic carbocycles. The smallest absolute Gasteiger partial charge is 0.255 e. The molecule has 3 aliphatic heterocycles. The summed E-state index contributed by atoms with van der Waals surface area (Å²) >= 11 is 1.14. The average molecular weight is 391 g/mol. The van der Waals surface area contributed by atoms with E-state index < -0.39 is 41.7 Å². The Balaban J connectivity index is 1.61. The van der Waals surface area contributed by atoms with Crippen molar-refractivity contribution >= 4 is 23.6 Å². The molecule has 3 aliphatic rings. The molecule has 0 saturated carbocycles. The lowest BCUT2D eigenvalue weighted by Crippen LogP contribution is -2.54. The Labute approximate surface area is 155 Å². The van der Waals surface area contributed by atoms with E-state index in [0.29, 0.717) is 26.3 Å². The molecule has 0 aromatic heterocycles. The van der Waals surface area contributed by atoms with Gasteiger partial charge in [-0.05, 0) is 0 Å². The second-order valence-corrected chi connectivity index (χ2v) is 7.80. The summed E-state index contributed by atoms with van der Waals surface area (Å²) in [5, 5.41) is 41.7. The van der Waals surface area contributed by atoms with Gasteiger partial charge in [-0.15, -0.1) is 11.8 Å². The van der Waals surface area contributed by atoms with Gasteiger partial charge in [-0.3, -0.25) is 14.5 Å². The van der Waals surface area contributed by atoms with Crippen LogP contribution in [-0.4, -0.2) is 123 Å². The van der Waals surface area contributed by atoms with Crippen molar-refractivity contribution in [2.24, 2.45) is 0 Å². The molecule has 0 spiro atoms. The highest BCUT2D eigenvalue weighted by atomic mass is 32.2. The molecular formula is C15H25N3O7S. The Kier molecular flexibility index (Phi) is 6.38. The summed E-state index contributed by atoms with van der Waals surface area (Å²) < 4.78 is 5.26. The zero-order valence-electron chi connectivity index (χ0n) is 14.2. The van der Waals surface area contributed by atoms with Crippen LogP contribution in [0.15, 0.2) is 0 Å². The first-order valence-corrected chi connectivity index (χ1v) is 9.70. The summed E-state index contributed by atoms with van der Waals surface area (Å²) in [6.45, 7) is 4.00. The number of fused-ring (bicyclic) bond motifs is 1. The number of hydrogen-bond donors (Lipinski definition) is 5. The molecule has 0 aromatic carbocycles. The van der Waals surface area contributed by atoms with Crippen LogP contribution in [0, 0.1) is 0 Å². The number of rotatable bonds is 4. The number of aliphatic hydroxyl groups is 4. The van der Waals surface area contributed by atoms with E-state index in [1.165, 1.54) is 0 Å². The van der Waals surface area contributed by atoms with Crippen molar-refractivity contribution in [3.8, 4) is 0 Å². The van der Waals surface area contributed by atoms with Crippen molar-refractivity contribution in [3.05, 3.63) is 0 Å². The molecule has 148 valence electrons. The molecule has 5 N–H and O–H groups in total. The number of hydrogen-bond acceptors (Lipinski definition) is 9. The van der Waals surface area contributed by atoms with Crippen LogP contribution in [0.1, 0.15) is 0 Å². The second kappa shape index (κ2) is 8.38. The van der Waals surface area contributed by atoms with Gasteiger partial charge in [0.25, 0.3) is 5.91 Å². The molecule has 6 atom stereocenters. The zero-order valence-corrected chi connectivity index (χ0v) is 15.0. The first kappa shape index (κ1) is 19.8. The largest absolute Gasteiger partial charge is 0.387 e. The molecule has 3 saturated heterocycles. The molecule has 3 rings (SSSR count). The molecule has 3 heterocycles. The van der Waals surface area contributed by atoms with E-state index >= 15 is 0 Å². The normalized spacial score (nSPS) is 38.8. The maximum atomic E-state index is 12.5. The van der Waals surface area contributed by atoms with Gasteiger partial charge in [0.1, 0.15) is 29.7 Å². The number of aliphatic hydroxyl groups excluding tert-OH is 4. The van der Waals surface area contributed by atoms with Gasteiger partial charge in [-0.1, -0.05) is 0 Å². The van der Waals surface area contributed by atoms with Gasteiger partial charge in [0.2, 0.25) is 5.91 Å². The first-order valence-electron chi connectivity index (χ1n) is 8.65. The van der Waals surface area contributed by atoms with Gasteiger partial charge >= 0.3 is 0 Å². The Morgan fingerprint density at radius 2 is 1.85 bits per heavy atom. The number of amides is 2. The molecule has 3 fully saturated rings. The van der Waals surface area contributed by atoms with E-state index in [2.05, 4.69) is 10.2 Å². The Morgan fingerprint density at radius 1 is 1.15 bits per heavy atom. The van der Waals surface area contributed by atoms with Crippen molar-refractivity contribution in [3.63, 3.8) is 0 Å². The van der Waals surface area contributed by atoms with E-state index in [1.807, 2.05) is 0 Å². The number of carbonyl (C=O) groups excluding carboxylic acids is 2. The van der Waals surface area contributed by atoms with Crippen LogP contribution in [0.4, 0.5) is 0 Å². The zero-order chi connectivity index (χ0) is 18.8. The highest BCUT2D eigenvalue weighted by Gasteiger charge is 2.53. The van der Waals surface area contributed by atoms with Crippen LogP contribution in [-0.2, 0) is 14.3 Å². The summed E-state index contributed by atoms with van der Waals surface area (Å²) in [5.74, 6) is -1.00. The highest BCUT2D eigenvalue weighted by Crippen LogP contribution is 2.36. The monoisotopic (exact) mass is 391 g/mol. The van der Waals surface area contributed by atoms with Crippen molar-refractivity contribution in [2.75, 3.05) is 45.1 Å². The Bertz CT molecular complexity index is 533. The number of nitrogens with one attached hydrogen (secondary N) is 1. The molecule has 11 heteroatoms. The van der Waals surface area contributed by atoms with Crippen LogP contribution >= 0.6 is 11.8 Å². The quantitative estimate of drug-likeness (QED) is 0.326. The maximum absolute atomic E-state index is 12.5. The summed E-state index contributed by atoms with van der Waals surface area (Å²) in [4.78, 5) is 28.2. The SMILES string of the molecule is O=C(NCCN1CCOCC1)[C@@H]1CS[C@@H]2[C@H](O)[C@@H](O)[C@H](O)[C@H](O)C(=O)N21. The maximum Gasteiger partial charge on any atom is 0.255 e. The van der Waals surface area contributed by atoms with E-state index in [4.69, 9.17) is 4.74 Å².